The van der Waals surface area contributed by atoms with Gasteiger partial charge in [-0.1, -0.05) is 28.1 Å². The lowest BCUT2D eigenvalue weighted by Gasteiger charge is -2.19. The number of nitrogens with one attached hydrogen (secondary N) is 1. The Hall–Kier alpha value is -1.44. The van der Waals surface area contributed by atoms with Crippen molar-refractivity contribution in [3.05, 3.63) is 56.6 Å². The number of aromatic nitrogens is 1. The van der Waals surface area contributed by atoms with Gasteiger partial charge in [0, 0.05) is 28.7 Å². The van der Waals surface area contributed by atoms with Crippen molar-refractivity contribution >= 4 is 43.6 Å². The minimum Gasteiger partial charge on any atom is -0.337 e. The molecule has 0 saturated heterocycles. The Kier molecular flexibility index (Phi) is 5.33. The Morgan fingerprint density at radius 3 is 2.57 bits per heavy atom. The van der Waals surface area contributed by atoms with E-state index < -0.39 is 0 Å². The first-order valence-electron chi connectivity index (χ1n) is 6.13. The van der Waals surface area contributed by atoms with E-state index in [9.17, 15) is 4.79 Å². The molecule has 1 heterocycles. The third-order valence-corrected chi connectivity index (χ3v) is 3.86. The summed E-state index contributed by atoms with van der Waals surface area (Å²) in [5.41, 5.74) is 3.91. The van der Waals surface area contributed by atoms with Crippen LogP contribution < -0.4 is 11.3 Å². The monoisotopic (exact) mass is 412 g/mol. The first-order chi connectivity index (χ1) is 10.0. The fourth-order valence-corrected chi connectivity index (χ4v) is 2.45. The second-order valence-corrected chi connectivity index (χ2v) is 6.31. The summed E-state index contributed by atoms with van der Waals surface area (Å²) in [6, 6.07) is 9.52. The molecule has 0 saturated carbocycles. The standard InChI is InChI=1S/C14H14Br2N4O/c1-20(8-9-2-4-10(15)5-3-9)14(21)12-6-11(16)7-18-13(12)19-17/h2-7H,8,17H2,1H3,(H,18,19). The maximum atomic E-state index is 12.5. The van der Waals surface area contributed by atoms with Crippen molar-refractivity contribution in [2.75, 3.05) is 12.5 Å². The van der Waals surface area contributed by atoms with Crippen molar-refractivity contribution in [2.45, 2.75) is 6.54 Å². The van der Waals surface area contributed by atoms with E-state index in [-0.39, 0.29) is 5.91 Å². The molecule has 0 radical (unpaired) electrons. The molecule has 0 bridgehead atoms. The summed E-state index contributed by atoms with van der Waals surface area (Å²) in [4.78, 5) is 18.2. The van der Waals surface area contributed by atoms with E-state index in [1.807, 2.05) is 24.3 Å². The molecule has 0 spiro atoms. The van der Waals surface area contributed by atoms with Gasteiger partial charge in [-0.15, -0.1) is 0 Å². The molecule has 1 aromatic heterocycles. The molecular weight excluding hydrogens is 400 g/mol. The number of carbonyl (C=O) groups excluding carboxylic acids is 1. The minimum absolute atomic E-state index is 0.153. The van der Waals surface area contributed by atoms with E-state index in [1.165, 1.54) is 0 Å². The van der Waals surface area contributed by atoms with Crippen molar-refractivity contribution in [3.8, 4) is 0 Å². The average Bonchev–Trinajstić information content (AvgIpc) is 2.48. The molecule has 3 N–H and O–H groups in total. The van der Waals surface area contributed by atoms with Crippen LogP contribution in [-0.4, -0.2) is 22.8 Å². The van der Waals surface area contributed by atoms with Gasteiger partial charge in [0.1, 0.15) is 0 Å². The zero-order valence-corrected chi connectivity index (χ0v) is 14.5. The maximum absolute atomic E-state index is 12.5. The van der Waals surface area contributed by atoms with Crippen LogP contribution in [0.2, 0.25) is 0 Å². The summed E-state index contributed by atoms with van der Waals surface area (Å²) in [6.07, 6.45) is 1.58. The van der Waals surface area contributed by atoms with Crippen LogP contribution in [0.4, 0.5) is 5.82 Å². The molecule has 0 atom stereocenters. The molecule has 21 heavy (non-hydrogen) atoms. The Morgan fingerprint density at radius 2 is 1.95 bits per heavy atom. The molecule has 0 fully saturated rings. The van der Waals surface area contributed by atoms with Crippen LogP contribution in [0.25, 0.3) is 0 Å². The number of nitrogens with zero attached hydrogens (tertiary/aromatic N) is 2. The zero-order valence-electron chi connectivity index (χ0n) is 11.3. The molecule has 1 amide bonds. The molecule has 0 aliphatic rings. The van der Waals surface area contributed by atoms with Crippen LogP contribution >= 0.6 is 31.9 Å². The van der Waals surface area contributed by atoms with Gasteiger partial charge in [-0.05, 0) is 39.7 Å². The van der Waals surface area contributed by atoms with Crippen LogP contribution in [0.3, 0.4) is 0 Å². The number of amides is 1. The number of rotatable bonds is 4. The fourth-order valence-electron chi connectivity index (χ4n) is 1.86. The number of hydrogen-bond donors (Lipinski definition) is 2. The fraction of sp³-hybridized carbons (Fsp3) is 0.143. The van der Waals surface area contributed by atoms with E-state index in [4.69, 9.17) is 5.84 Å². The van der Waals surface area contributed by atoms with E-state index >= 15 is 0 Å². The lowest BCUT2D eigenvalue weighted by atomic mass is 10.2. The largest absolute Gasteiger partial charge is 0.337 e. The number of halogens is 2. The Balaban J connectivity index is 2.19. The molecule has 2 rings (SSSR count). The first-order valence-corrected chi connectivity index (χ1v) is 7.72. The number of benzene rings is 1. The number of anilines is 1. The molecule has 5 nitrogen and oxygen atoms in total. The summed E-state index contributed by atoms with van der Waals surface area (Å²) < 4.78 is 1.73. The topological polar surface area (TPSA) is 71.2 Å². The molecule has 2 aromatic rings. The molecule has 0 aliphatic carbocycles. The van der Waals surface area contributed by atoms with E-state index in [0.717, 1.165) is 14.5 Å². The highest BCUT2D eigenvalue weighted by atomic mass is 79.9. The van der Waals surface area contributed by atoms with Crippen LogP contribution in [-0.2, 0) is 6.54 Å². The van der Waals surface area contributed by atoms with E-state index in [0.29, 0.717) is 17.9 Å². The van der Waals surface area contributed by atoms with Crippen molar-refractivity contribution in [2.24, 2.45) is 5.84 Å². The second-order valence-electron chi connectivity index (χ2n) is 4.48. The number of hydrogen-bond acceptors (Lipinski definition) is 4. The van der Waals surface area contributed by atoms with Crippen molar-refractivity contribution in [3.63, 3.8) is 0 Å². The van der Waals surface area contributed by atoms with Gasteiger partial charge < -0.3 is 10.3 Å². The highest BCUT2D eigenvalue weighted by Gasteiger charge is 2.17. The Labute approximate surface area is 139 Å². The molecule has 1 aromatic carbocycles. The predicted molar refractivity (Wildman–Crippen MR) is 89.7 cm³/mol. The van der Waals surface area contributed by atoms with Crippen molar-refractivity contribution in [1.82, 2.24) is 9.88 Å². The number of nitrogen functional groups attached to an aromatic ring is 1. The van der Waals surface area contributed by atoms with Gasteiger partial charge in [0.2, 0.25) is 0 Å². The van der Waals surface area contributed by atoms with Crippen molar-refractivity contribution < 1.29 is 4.79 Å². The smallest absolute Gasteiger partial charge is 0.257 e. The molecule has 7 heteroatoms. The van der Waals surface area contributed by atoms with Crippen LogP contribution in [0.1, 0.15) is 15.9 Å². The van der Waals surface area contributed by atoms with Gasteiger partial charge in [-0.25, -0.2) is 10.8 Å². The second kappa shape index (κ2) is 7.02. The van der Waals surface area contributed by atoms with Gasteiger partial charge in [0.15, 0.2) is 5.82 Å². The Morgan fingerprint density at radius 1 is 1.29 bits per heavy atom. The highest BCUT2D eigenvalue weighted by Crippen LogP contribution is 2.20. The quantitative estimate of drug-likeness (QED) is 0.596. The summed E-state index contributed by atoms with van der Waals surface area (Å²) >= 11 is 6.70. The van der Waals surface area contributed by atoms with Gasteiger partial charge in [-0.3, -0.25) is 4.79 Å². The maximum Gasteiger partial charge on any atom is 0.257 e. The molecular formula is C14H14Br2N4O. The van der Waals surface area contributed by atoms with Gasteiger partial charge in [0.05, 0.1) is 5.56 Å². The molecule has 110 valence electrons. The molecule has 0 aliphatic heterocycles. The van der Waals surface area contributed by atoms with E-state index in [2.05, 4.69) is 42.3 Å². The van der Waals surface area contributed by atoms with Gasteiger partial charge in [0.25, 0.3) is 5.91 Å². The number of carbonyl (C=O) groups is 1. The van der Waals surface area contributed by atoms with Crippen molar-refractivity contribution in [1.29, 1.82) is 0 Å². The summed E-state index contributed by atoms with van der Waals surface area (Å²) in [7, 11) is 1.74. The lowest BCUT2D eigenvalue weighted by Crippen LogP contribution is -2.28. The Bertz CT molecular complexity index is 646. The highest BCUT2D eigenvalue weighted by molar-refractivity contribution is 9.10. The predicted octanol–water partition coefficient (Wildman–Crippen LogP) is 3.16. The molecule has 0 unspecified atom stereocenters. The summed E-state index contributed by atoms with van der Waals surface area (Å²) in [5.74, 6) is 5.60. The summed E-state index contributed by atoms with van der Waals surface area (Å²) in [6.45, 7) is 0.503. The zero-order chi connectivity index (χ0) is 15.4. The minimum atomic E-state index is -0.153. The normalized spacial score (nSPS) is 10.3. The first kappa shape index (κ1) is 15.9. The lowest BCUT2D eigenvalue weighted by molar-refractivity contribution is 0.0785. The SMILES string of the molecule is CN(Cc1ccc(Br)cc1)C(=O)c1cc(Br)cnc1NN. The average molecular weight is 414 g/mol. The number of nitrogens with two attached hydrogens (primary N) is 1. The third kappa shape index (κ3) is 4.03. The van der Waals surface area contributed by atoms with Gasteiger partial charge in [-0.2, -0.15) is 0 Å². The van der Waals surface area contributed by atoms with Gasteiger partial charge >= 0.3 is 0 Å². The number of hydrazine groups is 1. The van der Waals surface area contributed by atoms with E-state index in [1.54, 1.807) is 24.2 Å². The summed E-state index contributed by atoms with van der Waals surface area (Å²) in [5, 5.41) is 0. The third-order valence-electron chi connectivity index (χ3n) is 2.90. The van der Waals surface area contributed by atoms with Crippen LogP contribution in [0.5, 0.6) is 0 Å². The van der Waals surface area contributed by atoms with Crippen LogP contribution in [0, 0.1) is 0 Å². The number of pyridine rings is 1. The van der Waals surface area contributed by atoms with Crippen LogP contribution in [0.15, 0.2) is 45.5 Å².